The molecule has 0 aliphatic rings. The lowest BCUT2D eigenvalue weighted by atomic mass is 10.1. The van der Waals surface area contributed by atoms with Crippen molar-refractivity contribution < 1.29 is 14.3 Å². The zero-order valence-electron chi connectivity index (χ0n) is 13.2. The zero-order chi connectivity index (χ0) is 16.6. The number of furan rings is 1. The summed E-state index contributed by atoms with van der Waals surface area (Å²) in [6, 6.07) is 7.36. The minimum atomic E-state index is -0.499. The number of aromatic nitrogens is 1. The Hall–Kier alpha value is -2.89. The van der Waals surface area contributed by atoms with E-state index in [0.29, 0.717) is 23.6 Å². The maximum atomic E-state index is 12.1. The quantitative estimate of drug-likeness (QED) is 0.723. The first-order valence-corrected chi connectivity index (χ1v) is 7.35. The van der Waals surface area contributed by atoms with Crippen molar-refractivity contribution >= 4 is 22.5 Å². The number of nitrogens with zero attached hydrogens (tertiary/aromatic N) is 3. The molecule has 0 unspecified atom stereocenters. The van der Waals surface area contributed by atoms with E-state index in [0.717, 1.165) is 16.5 Å². The van der Waals surface area contributed by atoms with E-state index < -0.39 is 5.91 Å². The molecule has 2 heterocycles. The smallest absolute Gasteiger partial charge is 0.298 e. The zero-order valence-corrected chi connectivity index (χ0v) is 13.2. The molecule has 0 atom stereocenters. The lowest BCUT2D eigenvalue weighted by Crippen LogP contribution is -1.93. The van der Waals surface area contributed by atoms with Gasteiger partial charge in [-0.1, -0.05) is 11.6 Å². The number of hydrogen-bond donors (Lipinski definition) is 1. The van der Waals surface area contributed by atoms with Crippen LogP contribution in [0.15, 0.2) is 45.2 Å². The molecule has 0 aliphatic carbocycles. The summed E-state index contributed by atoms with van der Waals surface area (Å²) in [5.74, 6) is -0.000676. The number of azo groups is 1. The van der Waals surface area contributed by atoms with Crippen LogP contribution in [-0.2, 0) is 6.54 Å². The molecule has 0 spiro atoms. The van der Waals surface area contributed by atoms with Crippen LogP contribution in [0.2, 0.25) is 0 Å². The average Bonchev–Trinajstić information content (AvgIpc) is 3.06. The van der Waals surface area contributed by atoms with Gasteiger partial charge in [0, 0.05) is 11.9 Å². The van der Waals surface area contributed by atoms with Gasteiger partial charge in [0.15, 0.2) is 5.69 Å². The van der Waals surface area contributed by atoms with E-state index in [1.807, 2.05) is 32.0 Å². The van der Waals surface area contributed by atoms with Crippen molar-refractivity contribution in [1.82, 2.24) is 4.57 Å². The summed E-state index contributed by atoms with van der Waals surface area (Å²) in [7, 11) is 0. The molecule has 2 aromatic heterocycles. The van der Waals surface area contributed by atoms with E-state index in [4.69, 9.17) is 4.42 Å². The van der Waals surface area contributed by atoms with Gasteiger partial charge in [-0.15, -0.1) is 10.2 Å². The highest BCUT2D eigenvalue weighted by atomic mass is 16.3. The number of aromatic hydroxyl groups is 1. The van der Waals surface area contributed by atoms with Gasteiger partial charge in [0.25, 0.3) is 5.91 Å². The van der Waals surface area contributed by atoms with Gasteiger partial charge < -0.3 is 14.1 Å². The molecule has 6 nitrogen and oxygen atoms in total. The molecule has 0 fully saturated rings. The van der Waals surface area contributed by atoms with E-state index in [-0.39, 0.29) is 5.88 Å². The molecule has 1 aromatic carbocycles. The molecule has 118 valence electrons. The highest BCUT2D eigenvalue weighted by molar-refractivity contribution is 5.98. The number of amides is 1. The molecular weight excluding hydrogens is 294 g/mol. The maximum Gasteiger partial charge on any atom is 0.298 e. The molecule has 23 heavy (non-hydrogen) atoms. The first-order valence-electron chi connectivity index (χ1n) is 7.35. The fraction of sp³-hybridized carbons (Fsp3) is 0.235. The normalized spacial score (nSPS) is 11.6. The Morgan fingerprint density at radius 2 is 2.09 bits per heavy atom. The number of carbonyl (C=O) groups excluding carboxylic acids is 1. The van der Waals surface area contributed by atoms with E-state index in [9.17, 15) is 9.90 Å². The van der Waals surface area contributed by atoms with Crippen LogP contribution in [-0.4, -0.2) is 15.6 Å². The largest absolute Gasteiger partial charge is 0.493 e. The van der Waals surface area contributed by atoms with E-state index in [1.54, 1.807) is 17.6 Å². The van der Waals surface area contributed by atoms with Gasteiger partial charge in [0.2, 0.25) is 5.88 Å². The molecule has 0 bridgehead atoms. The van der Waals surface area contributed by atoms with Crippen molar-refractivity contribution in [3.8, 4) is 5.88 Å². The standard InChI is InChI=1S/C17H17N3O3/c1-4-20-14-6-5-10(2)9-13(14)15(17(20)22)18-19-16(21)12-7-8-23-11(12)3/h5-9,22H,4H2,1-3H3. The first-order chi connectivity index (χ1) is 11.0. The Labute approximate surface area is 133 Å². The minimum Gasteiger partial charge on any atom is -0.493 e. The van der Waals surface area contributed by atoms with Gasteiger partial charge >= 0.3 is 0 Å². The summed E-state index contributed by atoms with van der Waals surface area (Å²) in [6.07, 6.45) is 1.43. The van der Waals surface area contributed by atoms with Crippen LogP contribution >= 0.6 is 0 Å². The molecule has 1 amide bonds. The fourth-order valence-electron chi connectivity index (χ4n) is 2.61. The van der Waals surface area contributed by atoms with Crippen molar-refractivity contribution in [2.75, 3.05) is 0 Å². The number of carbonyl (C=O) groups is 1. The molecule has 6 heteroatoms. The Morgan fingerprint density at radius 3 is 2.74 bits per heavy atom. The highest BCUT2D eigenvalue weighted by Gasteiger charge is 2.17. The Morgan fingerprint density at radius 1 is 1.30 bits per heavy atom. The summed E-state index contributed by atoms with van der Waals surface area (Å²) in [5, 5.41) is 18.9. The predicted octanol–water partition coefficient (Wildman–Crippen LogP) is 4.50. The van der Waals surface area contributed by atoms with E-state index in [1.165, 1.54) is 6.26 Å². The second kappa shape index (κ2) is 5.72. The second-order valence-electron chi connectivity index (χ2n) is 5.33. The summed E-state index contributed by atoms with van der Waals surface area (Å²) >= 11 is 0. The Balaban J connectivity index is 2.08. The molecule has 1 N–H and O–H groups in total. The summed E-state index contributed by atoms with van der Waals surface area (Å²) in [5.41, 5.74) is 2.57. The van der Waals surface area contributed by atoms with Crippen molar-refractivity contribution in [3.63, 3.8) is 0 Å². The van der Waals surface area contributed by atoms with Crippen LogP contribution in [0.3, 0.4) is 0 Å². The number of aryl methyl sites for hydroxylation is 3. The third-order valence-electron chi connectivity index (χ3n) is 3.81. The number of fused-ring (bicyclic) bond motifs is 1. The van der Waals surface area contributed by atoms with Gasteiger partial charge in [-0.05, 0) is 39.0 Å². The molecule has 0 saturated heterocycles. The molecule has 0 radical (unpaired) electrons. The third-order valence-corrected chi connectivity index (χ3v) is 3.81. The summed E-state index contributed by atoms with van der Waals surface area (Å²) in [4.78, 5) is 12.1. The van der Waals surface area contributed by atoms with Crippen LogP contribution < -0.4 is 0 Å². The number of rotatable bonds is 3. The van der Waals surface area contributed by atoms with E-state index in [2.05, 4.69) is 10.2 Å². The van der Waals surface area contributed by atoms with Crippen LogP contribution in [0.25, 0.3) is 10.9 Å². The molecule has 3 rings (SSSR count). The third kappa shape index (κ3) is 2.52. The SMILES string of the molecule is CCn1c(O)c(N=NC(=O)c2ccoc2C)c2cc(C)ccc21. The van der Waals surface area contributed by atoms with Crippen molar-refractivity contribution in [3.05, 3.63) is 47.4 Å². The second-order valence-corrected chi connectivity index (χ2v) is 5.33. The topological polar surface area (TPSA) is 80.1 Å². The molecule has 0 aliphatic heterocycles. The highest BCUT2D eigenvalue weighted by Crippen LogP contribution is 2.39. The fourth-order valence-corrected chi connectivity index (χ4v) is 2.61. The molecular formula is C17H17N3O3. The Kier molecular flexibility index (Phi) is 3.73. The molecule has 3 aromatic rings. The van der Waals surface area contributed by atoms with Crippen molar-refractivity contribution in [2.45, 2.75) is 27.3 Å². The predicted molar refractivity (Wildman–Crippen MR) is 86.3 cm³/mol. The maximum absolute atomic E-state index is 12.1. The summed E-state index contributed by atoms with van der Waals surface area (Å²) < 4.78 is 6.83. The van der Waals surface area contributed by atoms with Crippen LogP contribution in [0.1, 0.15) is 28.6 Å². The van der Waals surface area contributed by atoms with E-state index >= 15 is 0 Å². The van der Waals surface area contributed by atoms with Crippen LogP contribution in [0.5, 0.6) is 5.88 Å². The van der Waals surface area contributed by atoms with Gasteiger partial charge in [0.1, 0.15) is 5.76 Å². The monoisotopic (exact) mass is 311 g/mol. The number of benzene rings is 1. The molecule has 0 saturated carbocycles. The van der Waals surface area contributed by atoms with Crippen LogP contribution in [0.4, 0.5) is 5.69 Å². The van der Waals surface area contributed by atoms with Crippen molar-refractivity contribution in [1.29, 1.82) is 0 Å². The van der Waals surface area contributed by atoms with Gasteiger partial charge in [0.05, 0.1) is 17.3 Å². The van der Waals surface area contributed by atoms with Gasteiger partial charge in [-0.3, -0.25) is 4.79 Å². The van der Waals surface area contributed by atoms with Gasteiger partial charge in [-0.2, -0.15) is 0 Å². The van der Waals surface area contributed by atoms with Crippen molar-refractivity contribution in [2.24, 2.45) is 10.2 Å². The average molecular weight is 311 g/mol. The summed E-state index contributed by atoms with van der Waals surface area (Å²) in [6.45, 7) is 6.17. The minimum absolute atomic E-state index is 0.00793. The lowest BCUT2D eigenvalue weighted by molar-refractivity contribution is 0.0993. The first kappa shape index (κ1) is 15.0. The Bertz CT molecular complexity index is 919. The van der Waals surface area contributed by atoms with Gasteiger partial charge in [-0.25, -0.2) is 0 Å². The lowest BCUT2D eigenvalue weighted by Gasteiger charge is -2.01. The number of hydrogen-bond acceptors (Lipinski definition) is 4. The van der Waals surface area contributed by atoms with Crippen LogP contribution in [0, 0.1) is 13.8 Å².